The van der Waals surface area contributed by atoms with E-state index in [1.165, 1.54) is 17.9 Å². The van der Waals surface area contributed by atoms with Crippen molar-refractivity contribution in [1.82, 2.24) is 4.90 Å². The van der Waals surface area contributed by atoms with Crippen LogP contribution in [0.15, 0.2) is 50.7 Å². The zero-order chi connectivity index (χ0) is 20.1. The zero-order valence-electron chi connectivity index (χ0n) is 14.9. The molecule has 0 aliphatic carbocycles. The first kappa shape index (κ1) is 20.9. The summed E-state index contributed by atoms with van der Waals surface area (Å²) in [5, 5.41) is 11.5. The molecule has 27 heavy (non-hydrogen) atoms. The van der Waals surface area contributed by atoms with E-state index in [4.69, 9.17) is 4.74 Å². The smallest absolute Gasteiger partial charge is 0.302 e. The molecule has 0 atom stereocenters. The highest BCUT2D eigenvalue weighted by Gasteiger charge is 2.20. The molecule has 0 saturated carbocycles. The second kappa shape index (κ2) is 9.01. The lowest BCUT2D eigenvalue weighted by Gasteiger charge is -2.14. The largest absolute Gasteiger partial charge is 0.461 e. The van der Waals surface area contributed by atoms with Gasteiger partial charge in [0.1, 0.15) is 6.61 Å². The first-order chi connectivity index (χ1) is 12.7. The van der Waals surface area contributed by atoms with Crippen LogP contribution in [0.1, 0.15) is 22.8 Å². The number of carbonyl (C=O) groups excluding carboxylic acids is 2. The minimum absolute atomic E-state index is 0.0379. The normalized spacial score (nSPS) is 10.4. The van der Waals surface area contributed by atoms with E-state index in [0.717, 1.165) is 16.2 Å². The number of amides is 1. The van der Waals surface area contributed by atoms with Crippen LogP contribution in [0.5, 0.6) is 0 Å². The highest BCUT2D eigenvalue weighted by atomic mass is 79.9. The molecule has 9 heteroatoms. The monoisotopic (exact) mass is 452 g/mol. The van der Waals surface area contributed by atoms with Gasteiger partial charge in [-0.05, 0) is 29.8 Å². The minimum Gasteiger partial charge on any atom is -0.461 e. The average Bonchev–Trinajstić information content (AvgIpc) is 2.61. The van der Waals surface area contributed by atoms with Crippen molar-refractivity contribution >= 4 is 45.3 Å². The van der Waals surface area contributed by atoms with E-state index < -0.39 is 10.9 Å². The Labute approximate surface area is 169 Å². The van der Waals surface area contributed by atoms with Gasteiger partial charge in [0.05, 0.1) is 15.4 Å². The first-order valence-electron chi connectivity index (χ1n) is 7.78. The van der Waals surface area contributed by atoms with E-state index in [1.807, 2.05) is 0 Å². The molecule has 0 fully saturated rings. The number of hydrogen-bond donors (Lipinski definition) is 0. The second-order valence-electron chi connectivity index (χ2n) is 5.78. The van der Waals surface area contributed by atoms with E-state index >= 15 is 0 Å². The maximum atomic E-state index is 12.4. The van der Waals surface area contributed by atoms with Crippen LogP contribution in [0.4, 0.5) is 5.69 Å². The van der Waals surface area contributed by atoms with E-state index in [-0.39, 0.29) is 18.2 Å². The maximum absolute atomic E-state index is 12.4. The molecular weight excluding hydrogens is 436 g/mol. The average molecular weight is 453 g/mol. The molecule has 0 spiro atoms. The van der Waals surface area contributed by atoms with Crippen molar-refractivity contribution in [2.75, 3.05) is 14.1 Å². The van der Waals surface area contributed by atoms with Crippen LogP contribution in [0, 0.1) is 10.1 Å². The molecule has 2 rings (SSSR count). The number of halogens is 1. The topological polar surface area (TPSA) is 89.8 Å². The van der Waals surface area contributed by atoms with Crippen LogP contribution in [0.3, 0.4) is 0 Å². The number of nitrogens with zero attached hydrogens (tertiary/aromatic N) is 2. The number of nitro groups is 1. The minimum atomic E-state index is -0.494. The molecule has 142 valence electrons. The molecule has 0 radical (unpaired) electrons. The van der Waals surface area contributed by atoms with Gasteiger partial charge in [0, 0.05) is 36.5 Å². The van der Waals surface area contributed by atoms with Crippen LogP contribution < -0.4 is 0 Å². The van der Waals surface area contributed by atoms with Crippen molar-refractivity contribution in [3.63, 3.8) is 0 Å². The standard InChI is InChI=1S/C18H17BrN2O5S/c1-11(22)26-10-12-4-6-17(15(8-12)21(24)25)27-16-7-5-13(19)9-14(16)18(23)20(2)3/h4-9H,10H2,1-3H3. The number of rotatable bonds is 6. The molecule has 0 heterocycles. The number of benzene rings is 2. The lowest BCUT2D eigenvalue weighted by Crippen LogP contribution is -2.22. The van der Waals surface area contributed by atoms with Gasteiger partial charge in [-0.3, -0.25) is 19.7 Å². The summed E-state index contributed by atoms with van der Waals surface area (Å²) in [7, 11) is 3.29. The summed E-state index contributed by atoms with van der Waals surface area (Å²) in [5.41, 5.74) is 0.843. The van der Waals surface area contributed by atoms with Gasteiger partial charge >= 0.3 is 5.97 Å². The quantitative estimate of drug-likeness (QED) is 0.369. The summed E-state index contributed by atoms with van der Waals surface area (Å²) in [6.07, 6.45) is 0. The van der Waals surface area contributed by atoms with Gasteiger partial charge in [-0.1, -0.05) is 33.8 Å². The van der Waals surface area contributed by atoms with Crippen LogP contribution >= 0.6 is 27.7 Å². The molecule has 2 aromatic carbocycles. The fraction of sp³-hybridized carbons (Fsp3) is 0.222. The van der Waals surface area contributed by atoms with Crippen molar-refractivity contribution in [3.8, 4) is 0 Å². The van der Waals surface area contributed by atoms with Gasteiger partial charge in [-0.25, -0.2) is 0 Å². The van der Waals surface area contributed by atoms with E-state index in [9.17, 15) is 19.7 Å². The van der Waals surface area contributed by atoms with Crippen molar-refractivity contribution in [1.29, 1.82) is 0 Å². The predicted octanol–water partition coefficient (Wildman–Crippen LogP) is 4.27. The molecular formula is C18H17BrN2O5S. The van der Waals surface area contributed by atoms with Gasteiger partial charge in [-0.2, -0.15) is 0 Å². The number of carbonyl (C=O) groups is 2. The highest BCUT2D eigenvalue weighted by molar-refractivity contribution is 9.10. The van der Waals surface area contributed by atoms with Crippen molar-refractivity contribution in [2.24, 2.45) is 0 Å². The Morgan fingerprint density at radius 3 is 2.44 bits per heavy atom. The zero-order valence-corrected chi connectivity index (χ0v) is 17.3. The molecule has 0 saturated heterocycles. The fourth-order valence-electron chi connectivity index (χ4n) is 2.18. The summed E-state index contributed by atoms with van der Waals surface area (Å²) in [6.45, 7) is 1.24. The molecule has 1 amide bonds. The molecule has 0 aromatic heterocycles. The Bertz CT molecular complexity index is 901. The van der Waals surface area contributed by atoms with Crippen molar-refractivity contribution in [2.45, 2.75) is 23.3 Å². The molecule has 0 aliphatic rings. The molecule has 0 bridgehead atoms. The van der Waals surface area contributed by atoms with Gasteiger partial charge in [0.25, 0.3) is 11.6 Å². The third kappa shape index (κ3) is 5.54. The van der Waals surface area contributed by atoms with Gasteiger partial charge < -0.3 is 9.64 Å². The summed E-state index contributed by atoms with van der Waals surface area (Å²) < 4.78 is 5.63. The van der Waals surface area contributed by atoms with Crippen LogP contribution in [-0.2, 0) is 16.1 Å². The Balaban J connectivity index is 2.41. The van der Waals surface area contributed by atoms with Crippen molar-refractivity contribution < 1.29 is 19.2 Å². The third-order valence-electron chi connectivity index (χ3n) is 3.46. The highest BCUT2D eigenvalue weighted by Crippen LogP contribution is 2.38. The second-order valence-corrected chi connectivity index (χ2v) is 7.78. The van der Waals surface area contributed by atoms with Gasteiger partial charge in [0.15, 0.2) is 0 Å². The summed E-state index contributed by atoms with van der Waals surface area (Å²) >= 11 is 4.48. The van der Waals surface area contributed by atoms with E-state index in [2.05, 4.69) is 15.9 Å². The molecule has 0 N–H and O–H groups in total. The summed E-state index contributed by atoms with van der Waals surface area (Å²) in [6, 6.07) is 9.82. The van der Waals surface area contributed by atoms with Gasteiger partial charge in [-0.15, -0.1) is 0 Å². The summed E-state index contributed by atoms with van der Waals surface area (Å²) in [4.78, 5) is 36.8. The van der Waals surface area contributed by atoms with Gasteiger partial charge in [0.2, 0.25) is 0 Å². The van der Waals surface area contributed by atoms with E-state index in [0.29, 0.717) is 20.9 Å². The predicted molar refractivity (Wildman–Crippen MR) is 105 cm³/mol. The third-order valence-corrected chi connectivity index (χ3v) is 5.09. The van der Waals surface area contributed by atoms with Crippen LogP contribution in [0.2, 0.25) is 0 Å². The Hall–Kier alpha value is -2.39. The first-order valence-corrected chi connectivity index (χ1v) is 9.39. The number of nitro benzene ring substituents is 1. The maximum Gasteiger partial charge on any atom is 0.302 e. The summed E-state index contributed by atoms with van der Waals surface area (Å²) in [5.74, 6) is -0.661. The SMILES string of the molecule is CC(=O)OCc1ccc(Sc2ccc(Br)cc2C(=O)N(C)C)c([N+](=O)[O-])c1. The molecule has 7 nitrogen and oxygen atoms in total. The molecule has 0 aliphatic heterocycles. The molecule has 0 unspecified atom stereocenters. The molecule has 2 aromatic rings. The number of hydrogen-bond acceptors (Lipinski definition) is 6. The van der Waals surface area contributed by atoms with E-state index in [1.54, 1.807) is 44.4 Å². The fourth-order valence-corrected chi connectivity index (χ4v) is 3.55. The number of ether oxygens (including phenoxy) is 1. The van der Waals surface area contributed by atoms with Crippen LogP contribution in [0.25, 0.3) is 0 Å². The Morgan fingerprint density at radius 1 is 1.19 bits per heavy atom. The number of esters is 1. The lowest BCUT2D eigenvalue weighted by atomic mass is 10.2. The van der Waals surface area contributed by atoms with Crippen molar-refractivity contribution in [3.05, 3.63) is 62.1 Å². The van der Waals surface area contributed by atoms with Crippen LogP contribution in [-0.4, -0.2) is 35.8 Å². The Kier molecular flexibility index (Phi) is 6.98. The lowest BCUT2D eigenvalue weighted by molar-refractivity contribution is -0.387. The Morgan fingerprint density at radius 2 is 1.85 bits per heavy atom.